The molecule has 0 radical (unpaired) electrons. The van der Waals surface area contributed by atoms with E-state index in [1.807, 2.05) is 0 Å². The van der Waals surface area contributed by atoms with Gasteiger partial charge in [-0.15, -0.1) is 10.2 Å². The van der Waals surface area contributed by atoms with Gasteiger partial charge in [-0.05, 0) is 30.9 Å². The Morgan fingerprint density at radius 1 is 1.53 bits per heavy atom. The van der Waals surface area contributed by atoms with Gasteiger partial charge in [0.25, 0.3) is 0 Å². The Hall–Kier alpha value is -1.69. The standard InChI is InChI=1S/C11H15N3O3/c15-11(16)9-1-2-10(14-13-9)12-5-3-8-4-6-17-7-8/h1-2,8H,3-7H2,(H,12,14)(H,15,16). The zero-order chi connectivity index (χ0) is 12.1. The quantitative estimate of drug-likeness (QED) is 0.795. The first-order chi connectivity index (χ1) is 8.25. The molecule has 2 heterocycles. The second kappa shape index (κ2) is 5.58. The molecule has 6 heteroatoms. The van der Waals surface area contributed by atoms with Gasteiger partial charge in [-0.3, -0.25) is 0 Å². The SMILES string of the molecule is O=C(O)c1ccc(NCCC2CCOC2)nn1. The molecule has 1 aromatic heterocycles. The molecule has 0 spiro atoms. The number of carbonyl (C=O) groups is 1. The van der Waals surface area contributed by atoms with Gasteiger partial charge in [0.05, 0.1) is 0 Å². The number of nitrogens with zero attached hydrogens (tertiary/aromatic N) is 2. The average Bonchev–Trinajstić information content (AvgIpc) is 2.83. The molecular weight excluding hydrogens is 222 g/mol. The van der Waals surface area contributed by atoms with Crippen LogP contribution in [0.2, 0.25) is 0 Å². The third kappa shape index (κ3) is 3.39. The summed E-state index contributed by atoms with van der Waals surface area (Å²) in [6.45, 7) is 2.50. The summed E-state index contributed by atoms with van der Waals surface area (Å²) in [6, 6.07) is 3.07. The fourth-order valence-corrected chi connectivity index (χ4v) is 1.76. The van der Waals surface area contributed by atoms with Gasteiger partial charge in [-0.1, -0.05) is 0 Å². The largest absolute Gasteiger partial charge is 0.476 e. The Balaban J connectivity index is 1.76. The first-order valence-electron chi connectivity index (χ1n) is 5.64. The fraction of sp³-hybridized carbons (Fsp3) is 0.545. The molecule has 0 amide bonds. The molecule has 1 saturated heterocycles. The number of hydrogen-bond acceptors (Lipinski definition) is 5. The number of carboxylic acid groups (broad SMARTS) is 1. The van der Waals surface area contributed by atoms with Crippen molar-refractivity contribution in [1.82, 2.24) is 10.2 Å². The van der Waals surface area contributed by atoms with Crippen LogP contribution in [-0.4, -0.2) is 41.0 Å². The molecule has 6 nitrogen and oxygen atoms in total. The van der Waals surface area contributed by atoms with E-state index in [1.165, 1.54) is 6.07 Å². The highest BCUT2D eigenvalue weighted by Gasteiger charge is 2.14. The Morgan fingerprint density at radius 3 is 3.00 bits per heavy atom. The monoisotopic (exact) mass is 237 g/mol. The van der Waals surface area contributed by atoms with Crippen molar-refractivity contribution in [2.45, 2.75) is 12.8 Å². The molecule has 2 rings (SSSR count). The van der Waals surface area contributed by atoms with E-state index in [0.717, 1.165) is 32.6 Å². The topological polar surface area (TPSA) is 84.3 Å². The van der Waals surface area contributed by atoms with Crippen molar-refractivity contribution < 1.29 is 14.6 Å². The number of carboxylic acids is 1. The second-order valence-corrected chi connectivity index (χ2v) is 4.05. The van der Waals surface area contributed by atoms with Crippen molar-refractivity contribution in [3.8, 4) is 0 Å². The number of nitrogens with one attached hydrogen (secondary N) is 1. The smallest absolute Gasteiger partial charge is 0.356 e. The van der Waals surface area contributed by atoms with E-state index < -0.39 is 5.97 Å². The lowest BCUT2D eigenvalue weighted by molar-refractivity contribution is 0.0689. The molecule has 1 aliphatic heterocycles. The van der Waals surface area contributed by atoms with E-state index >= 15 is 0 Å². The van der Waals surface area contributed by atoms with E-state index in [-0.39, 0.29) is 5.69 Å². The van der Waals surface area contributed by atoms with E-state index in [0.29, 0.717) is 11.7 Å². The molecule has 2 N–H and O–H groups in total. The number of anilines is 1. The van der Waals surface area contributed by atoms with Crippen molar-refractivity contribution in [2.24, 2.45) is 5.92 Å². The summed E-state index contributed by atoms with van der Waals surface area (Å²) in [5, 5.41) is 19.2. The van der Waals surface area contributed by atoms with Crippen LogP contribution in [0.5, 0.6) is 0 Å². The maximum absolute atomic E-state index is 10.6. The molecule has 1 atom stereocenters. The van der Waals surface area contributed by atoms with E-state index in [4.69, 9.17) is 9.84 Å². The van der Waals surface area contributed by atoms with Crippen LogP contribution in [0, 0.1) is 5.92 Å². The maximum Gasteiger partial charge on any atom is 0.356 e. The van der Waals surface area contributed by atoms with Gasteiger partial charge < -0.3 is 15.2 Å². The van der Waals surface area contributed by atoms with Crippen molar-refractivity contribution in [1.29, 1.82) is 0 Å². The fourth-order valence-electron chi connectivity index (χ4n) is 1.76. The zero-order valence-electron chi connectivity index (χ0n) is 9.43. The summed E-state index contributed by atoms with van der Waals surface area (Å²) in [5.74, 6) is 0.162. The minimum absolute atomic E-state index is 0.0419. The van der Waals surface area contributed by atoms with E-state index in [1.54, 1.807) is 6.07 Å². The molecule has 0 saturated carbocycles. The van der Waals surface area contributed by atoms with Crippen LogP contribution in [0.1, 0.15) is 23.3 Å². The molecule has 0 bridgehead atoms. The Morgan fingerprint density at radius 2 is 2.41 bits per heavy atom. The molecule has 1 aliphatic rings. The van der Waals surface area contributed by atoms with Crippen LogP contribution in [0.15, 0.2) is 12.1 Å². The van der Waals surface area contributed by atoms with Gasteiger partial charge in [0.1, 0.15) is 5.82 Å². The average molecular weight is 237 g/mol. The number of aromatic carboxylic acids is 1. The predicted octanol–water partition coefficient (Wildman–Crippen LogP) is 1.01. The van der Waals surface area contributed by atoms with Gasteiger partial charge in [-0.25, -0.2) is 4.79 Å². The summed E-state index contributed by atoms with van der Waals surface area (Å²) in [7, 11) is 0. The van der Waals surface area contributed by atoms with E-state index in [9.17, 15) is 4.79 Å². The number of hydrogen-bond donors (Lipinski definition) is 2. The molecule has 0 aromatic carbocycles. The summed E-state index contributed by atoms with van der Waals surface area (Å²) in [4.78, 5) is 10.6. The maximum atomic E-state index is 10.6. The van der Waals surface area contributed by atoms with E-state index in [2.05, 4.69) is 15.5 Å². The molecule has 92 valence electrons. The Bertz CT molecular complexity index is 374. The highest BCUT2D eigenvalue weighted by Crippen LogP contribution is 2.16. The lowest BCUT2D eigenvalue weighted by Gasteiger charge is -2.08. The van der Waals surface area contributed by atoms with Crippen LogP contribution >= 0.6 is 0 Å². The molecule has 1 unspecified atom stereocenters. The normalized spacial score (nSPS) is 19.2. The van der Waals surface area contributed by atoms with Crippen LogP contribution in [0.4, 0.5) is 5.82 Å². The Labute approximate surface area is 99.0 Å². The van der Waals surface area contributed by atoms with Gasteiger partial charge in [0.15, 0.2) is 5.69 Å². The third-order valence-electron chi connectivity index (χ3n) is 2.77. The number of aromatic nitrogens is 2. The summed E-state index contributed by atoms with van der Waals surface area (Å²) in [6.07, 6.45) is 2.15. The van der Waals surface area contributed by atoms with Crippen molar-refractivity contribution in [2.75, 3.05) is 25.1 Å². The second-order valence-electron chi connectivity index (χ2n) is 4.05. The number of ether oxygens (including phenoxy) is 1. The van der Waals surface area contributed by atoms with Crippen LogP contribution < -0.4 is 5.32 Å². The van der Waals surface area contributed by atoms with Crippen molar-refractivity contribution in [3.05, 3.63) is 17.8 Å². The Kier molecular flexibility index (Phi) is 3.87. The number of rotatable bonds is 5. The van der Waals surface area contributed by atoms with Crippen molar-refractivity contribution >= 4 is 11.8 Å². The highest BCUT2D eigenvalue weighted by molar-refractivity contribution is 5.85. The summed E-state index contributed by atoms with van der Waals surface area (Å²) >= 11 is 0. The van der Waals surface area contributed by atoms with Crippen LogP contribution in [0.3, 0.4) is 0 Å². The zero-order valence-corrected chi connectivity index (χ0v) is 9.43. The summed E-state index contributed by atoms with van der Waals surface area (Å²) in [5.41, 5.74) is -0.0419. The lowest BCUT2D eigenvalue weighted by atomic mass is 10.1. The minimum atomic E-state index is -1.06. The molecule has 1 aromatic rings. The minimum Gasteiger partial charge on any atom is -0.476 e. The third-order valence-corrected chi connectivity index (χ3v) is 2.77. The highest BCUT2D eigenvalue weighted by atomic mass is 16.5. The summed E-state index contributed by atoms with van der Waals surface area (Å²) < 4.78 is 5.28. The van der Waals surface area contributed by atoms with Gasteiger partial charge in [0.2, 0.25) is 0 Å². The molecule has 17 heavy (non-hydrogen) atoms. The van der Waals surface area contributed by atoms with Gasteiger partial charge >= 0.3 is 5.97 Å². The van der Waals surface area contributed by atoms with Gasteiger partial charge in [0, 0.05) is 19.8 Å². The van der Waals surface area contributed by atoms with Crippen molar-refractivity contribution in [3.63, 3.8) is 0 Å². The molecule has 0 aliphatic carbocycles. The first kappa shape index (κ1) is 11.8. The van der Waals surface area contributed by atoms with Gasteiger partial charge in [-0.2, -0.15) is 0 Å². The first-order valence-corrected chi connectivity index (χ1v) is 5.64. The molecule has 1 fully saturated rings. The molecular formula is C11H15N3O3. The van der Waals surface area contributed by atoms with Crippen LogP contribution in [0.25, 0.3) is 0 Å². The predicted molar refractivity (Wildman–Crippen MR) is 61.0 cm³/mol. The lowest BCUT2D eigenvalue weighted by Crippen LogP contribution is -2.11. The van der Waals surface area contributed by atoms with Crippen LogP contribution in [-0.2, 0) is 4.74 Å².